The van der Waals surface area contributed by atoms with E-state index >= 15 is 0 Å². The highest BCUT2D eigenvalue weighted by atomic mass is 16.3. The molecule has 0 radical (unpaired) electrons. The molecule has 0 spiro atoms. The van der Waals surface area contributed by atoms with Gasteiger partial charge in [0.25, 0.3) is 0 Å². The lowest BCUT2D eigenvalue weighted by molar-refractivity contribution is 0.217. The predicted octanol–water partition coefficient (Wildman–Crippen LogP) is 8.36. The van der Waals surface area contributed by atoms with Crippen molar-refractivity contribution in [1.29, 1.82) is 0 Å². The van der Waals surface area contributed by atoms with Crippen molar-refractivity contribution in [3.63, 3.8) is 0 Å². The van der Waals surface area contributed by atoms with Crippen LogP contribution in [0.25, 0.3) is 0 Å². The Labute approximate surface area is 171 Å². The zero-order chi connectivity index (χ0) is 19.8. The van der Waals surface area contributed by atoms with Crippen LogP contribution in [-0.4, -0.2) is 11.2 Å². The first-order valence-electron chi connectivity index (χ1n) is 12.1. The van der Waals surface area contributed by atoms with Crippen LogP contribution in [0.15, 0.2) is 12.2 Å². The van der Waals surface area contributed by atoms with Gasteiger partial charge in [-0.3, -0.25) is 0 Å². The second-order valence-corrected chi connectivity index (χ2v) is 8.18. The van der Waals surface area contributed by atoms with E-state index in [2.05, 4.69) is 25.0 Å². The summed E-state index contributed by atoms with van der Waals surface area (Å²) >= 11 is 0. The lowest BCUT2D eigenvalue weighted by Crippen LogP contribution is -2.01. The zero-order valence-electron chi connectivity index (χ0n) is 18.4. The average Bonchev–Trinajstić information content (AvgIpc) is 2.68. The van der Waals surface area contributed by atoms with Gasteiger partial charge in [0, 0.05) is 0 Å². The molecule has 158 valence electrons. The third-order valence-electron chi connectivity index (χ3n) is 5.43. The fourth-order valence-electron chi connectivity index (χ4n) is 3.55. The van der Waals surface area contributed by atoms with E-state index in [1.165, 1.54) is 116 Å². The maximum absolute atomic E-state index is 9.28. The fourth-order valence-corrected chi connectivity index (χ4v) is 3.55. The summed E-state index contributed by atoms with van der Waals surface area (Å²) in [4.78, 5) is 0. The minimum Gasteiger partial charge on any atom is -0.380 e. The standard InChI is InChI=1S/C26H48O/c1-3-5-6-7-8-9-10-11-12-13-14-15-16-17-18-19-20-21-22-23-24-25-26(27)4-2/h2,11-12,26-27H,3,5-10,13-25H2,1H3/b12-11-/t26-/m0/s1. The Bertz CT molecular complexity index is 339. The van der Waals surface area contributed by atoms with E-state index in [0.717, 1.165) is 12.8 Å². The van der Waals surface area contributed by atoms with Crippen molar-refractivity contribution >= 4 is 0 Å². The Kier molecular flexibility index (Phi) is 22.7. The monoisotopic (exact) mass is 376 g/mol. The van der Waals surface area contributed by atoms with Gasteiger partial charge in [-0.15, -0.1) is 6.42 Å². The van der Waals surface area contributed by atoms with Gasteiger partial charge in [0.05, 0.1) is 0 Å². The molecule has 0 unspecified atom stereocenters. The van der Waals surface area contributed by atoms with Crippen LogP contribution in [-0.2, 0) is 0 Å². The predicted molar refractivity (Wildman–Crippen MR) is 122 cm³/mol. The van der Waals surface area contributed by atoms with E-state index in [-0.39, 0.29) is 0 Å². The van der Waals surface area contributed by atoms with Gasteiger partial charge in [0.2, 0.25) is 0 Å². The number of rotatable bonds is 21. The third-order valence-corrected chi connectivity index (χ3v) is 5.43. The zero-order valence-corrected chi connectivity index (χ0v) is 18.4. The summed E-state index contributed by atoms with van der Waals surface area (Å²) in [6, 6.07) is 0. The van der Waals surface area contributed by atoms with Crippen LogP contribution >= 0.6 is 0 Å². The van der Waals surface area contributed by atoms with E-state index in [4.69, 9.17) is 6.42 Å². The van der Waals surface area contributed by atoms with Crippen molar-refractivity contribution in [3.8, 4) is 12.3 Å². The highest BCUT2D eigenvalue weighted by molar-refractivity contribution is 4.92. The molecule has 0 heterocycles. The first-order chi connectivity index (χ1) is 13.3. The molecule has 0 aliphatic rings. The Morgan fingerprint density at radius 1 is 0.630 bits per heavy atom. The number of hydrogen-bond acceptors (Lipinski definition) is 1. The number of allylic oxidation sites excluding steroid dienone is 2. The minimum absolute atomic E-state index is 0.527. The highest BCUT2D eigenvalue weighted by Gasteiger charge is 1.98. The van der Waals surface area contributed by atoms with Crippen molar-refractivity contribution in [2.24, 2.45) is 0 Å². The van der Waals surface area contributed by atoms with Gasteiger partial charge in [-0.25, -0.2) is 0 Å². The lowest BCUT2D eigenvalue weighted by atomic mass is 10.0. The number of hydrogen-bond donors (Lipinski definition) is 1. The van der Waals surface area contributed by atoms with Gasteiger partial charge in [-0.05, 0) is 38.5 Å². The largest absolute Gasteiger partial charge is 0.380 e. The van der Waals surface area contributed by atoms with E-state index in [1.54, 1.807) is 0 Å². The van der Waals surface area contributed by atoms with E-state index in [9.17, 15) is 5.11 Å². The molecule has 0 aliphatic carbocycles. The molecule has 1 heteroatoms. The Hall–Kier alpha value is -0.740. The maximum atomic E-state index is 9.28. The van der Waals surface area contributed by atoms with Gasteiger partial charge in [-0.1, -0.05) is 115 Å². The first kappa shape index (κ1) is 26.3. The SMILES string of the molecule is C#C[C@H](O)CCCCCCCCCCCCC/C=C\CCCCCCCC. The summed E-state index contributed by atoms with van der Waals surface area (Å²) in [5.41, 5.74) is 0. The quantitative estimate of drug-likeness (QED) is 0.121. The third kappa shape index (κ3) is 23.2. The van der Waals surface area contributed by atoms with Crippen molar-refractivity contribution < 1.29 is 5.11 Å². The Morgan fingerprint density at radius 3 is 1.41 bits per heavy atom. The molecular formula is C26H48O. The topological polar surface area (TPSA) is 20.2 Å². The Morgan fingerprint density at radius 2 is 1.00 bits per heavy atom. The van der Waals surface area contributed by atoms with Crippen LogP contribution in [0.3, 0.4) is 0 Å². The molecule has 1 nitrogen and oxygen atoms in total. The number of terminal acetylenes is 1. The molecule has 0 aromatic carbocycles. The number of aliphatic hydroxyl groups excluding tert-OH is 1. The molecule has 0 saturated carbocycles. The second-order valence-electron chi connectivity index (χ2n) is 8.18. The molecule has 27 heavy (non-hydrogen) atoms. The van der Waals surface area contributed by atoms with Crippen molar-refractivity contribution in [2.75, 3.05) is 0 Å². The summed E-state index contributed by atoms with van der Waals surface area (Å²) in [7, 11) is 0. The molecule has 0 aromatic heterocycles. The molecule has 0 amide bonds. The van der Waals surface area contributed by atoms with Crippen LogP contribution < -0.4 is 0 Å². The highest BCUT2D eigenvalue weighted by Crippen LogP contribution is 2.13. The summed E-state index contributed by atoms with van der Waals surface area (Å²) in [6.45, 7) is 2.28. The molecule has 0 fully saturated rings. The molecule has 0 bridgehead atoms. The average molecular weight is 377 g/mol. The lowest BCUT2D eigenvalue weighted by Gasteiger charge is -2.04. The van der Waals surface area contributed by atoms with Gasteiger partial charge in [-0.2, -0.15) is 0 Å². The van der Waals surface area contributed by atoms with Crippen LogP contribution in [0.5, 0.6) is 0 Å². The molecule has 0 aromatic rings. The summed E-state index contributed by atoms with van der Waals surface area (Å²) in [5.74, 6) is 2.38. The van der Waals surface area contributed by atoms with Crippen molar-refractivity contribution in [1.82, 2.24) is 0 Å². The minimum atomic E-state index is -0.527. The van der Waals surface area contributed by atoms with E-state index in [0.29, 0.717) is 0 Å². The fraction of sp³-hybridized carbons (Fsp3) is 0.846. The second kappa shape index (κ2) is 23.3. The molecule has 1 atom stereocenters. The molecule has 0 saturated heterocycles. The smallest absolute Gasteiger partial charge is 0.114 e. The molecule has 1 N–H and O–H groups in total. The molecule has 0 rings (SSSR count). The van der Waals surface area contributed by atoms with E-state index in [1.807, 2.05) is 0 Å². The maximum Gasteiger partial charge on any atom is 0.114 e. The summed E-state index contributed by atoms with van der Waals surface area (Å²) < 4.78 is 0. The first-order valence-corrected chi connectivity index (χ1v) is 12.1. The molecular weight excluding hydrogens is 328 g/mol. The van der Waals surface area contributed by atoms with Gasteiger partial charge < -0.3 is 5.11 Å². The molecule has 0 aliphatic heterocycles. The number of unbranched alkanes of at least 4 members (excludes halogenated alkanes) is 17. The van der Waals surface area contributed by atoms with Crippen molar-refractivity contribution in [2.45, 2.75) is 141 Å². The Balaban J connectivity index is 3.08. The van der Waals surface area contributed by atoms with Gasteiger partial charge >= 0.3 is 0 Å². The van der Waals surface area contributed by atoms with Crippen LogP contribution in [0.4, 0.5) is 0 Å². The summed E-state index contributed by atoms with van der Waals surface area (Å²) in [5, 5.41) is 9.28. The van der Waals surface area contributed by atoms with Gasteiger partial charge in [0.1, 0.15) is 6.10 Å². The normalized spacial score (nSPS) is 12.5. The number of aliphatic hydroxyl groups is 1. The van der Waals surface area contributed by atoms with Crippen LogP contribution in [0, 0.1) is 12.3 Å². The van der Waals surface area contributed by atoms with E-state index < -0.39 is 6.10 Å². The van der Waals surface area contributed by atoms with Crippen LogP contribution in [0.1, 0.15) is 135 Å². The van der Waals surface area contributed by atoms with Gasteiger partial charge in [0.15, 0.2) is 0 Å². The van der Waals surface area contributed by atoms with Crippen LogP contribution in [0.2, 0.25) is 0 Å². The van der Waals surface area contributed by atoms with Crippen molar-refractivity contribution in [3.05, 3.63) is 12.2 Å². The summed E-state index contributed by atoms with van der Waals surface area (Å²) in [6.07, 6.45) is 35.9.